The fourth-order valence-electron chi connectivity index (χ4n) is 3.34. The Morgan fingerprint density at radius 2 is 1.54 bits per heavy atom. The number of rotatable bonds is 7. The zero-order chi connectivity index (χ0) is 16.6. The van der Waals surface area contributed by atoms with Crippen molar-refractivity contribution in [1.82, 2.24) is 4.90 Å². The van der Waals surface area contributed by atoms with Crippen molar-refractivity contribution in [2.75, 3.05) is 38.2 Å². The second-order valence-electron chi connectivity index (χ2n) is 6.51. The minimum absolute atomic E-state index is 0. The monoisotopic (exact) mass is 396 g/mol. The molecule has 26 heavy (non-hydrogen) atoms. The Balaban J connectivity index is 0.00000169. The van der Waals surface area contributed by atoms with Crippen LogP contribution in [0.1, 0.15) is 24.8 Å². The molecule has 1 saturated heterocycles. The molecule has 0 spiro atoms. The van der Waals surface area contributed by atoms with E-state index in [-0.39, 0.29) is 24.8 Å². The maximum Gasteiger partial charge on any atom is 0.119 e. The third-order valence-electron chi connectivity index (χ3n) is 4.79. The molecule has 144 valence electrons. The summed E-state index contributed by atoms with van der Waals surface area (Å²) in [5.41, 5.74) is 2.61. The van der Waals surface area contributed by atoms with Crippen molar-refractivity contribution in [2.24, 2.45) is 0 Å². The summed E-state index contributed by atoms with van der Waals surface area (Å²) in [7, 11) is 1.72. The zero-order valence-corrected chi connectivity index (χ0v) is 17.1. The van der Waals surface area contributed by atoms with E-state index in [1.54, 1.807) is 7.11 Å². The van der Waals surface area contributed by atoms with Crippen molar-refractivity contribution in [2.45, 2.75) is 25.8 Å². The molecule has 0 unspecified atom stereocenters. The maximum atomic E-state index is 5.30. The van der Waals surface area contributed by atoms with Crippen molar-refractivity contribution < 1.29 is 4.74 Å². The number of hydrogen-bond acceptors (Lipinski definition) is 3. The fraction of sp³-hybridized carbons (Fsp3) is 0.429. The quantitative estimate of drug-likeness (QED) is 0.652. The van der Waals surface area contributed by atoms with Crippen LogP contribution < -0.4 is 9.64 Å². The number of halogens is 2. The van der Waals surface area contributed by atoms with Gasteiger partial charge in [0.2, 0.25) is 0 Å². The molecule has 0 amide bonds. The molecule has 0 N–H and O–H groups in total. The van der Waals surface area contributed by atoms with Crippen molar-refractivity contribution in [3.8, 4) is 5.75 Å². The molecule has 3 nitrogen and oxygen atoms in total. The summed E-state index contributed by atoms with van der Waals surface area (Å²) in [6.45, 7) is 5.64. The standard InChI is InChI=1S/C21H28N2O.2ClH/c1-24-21-12-10-20(11-13-21)23(18-19-8-4-2-5-9-19)17-16-22-14-6-3-7-15-22;;/h2,4-5,8-13H,3,6-7,14-18H2,1H3;2*1H. The molecule has 1 fully saturated rings. The smallest absolute Gasteiger partial charge is 0.119 e. The third kappa shape index (κ3) is 6.71. The second-order valence-corrected chi connectivity index (χ2v) is 6.51. The van der Waals surface area contributed by atoms with Crippen LogP contribution in [0.3, 0.4) is 0 Å². The Morgan fingerprint density at radius 3 is 2.15 bits per heavy atom. The number of methoxy groups -OCH3 is 1. The van der Waals surface area contributed by atoms with Gasteiger partial charge in [0.25, 0.3) is 0 Å². The molecule has 0 aliphatic carbocycles. The van der Waals surface area contributed by atoms with Crippen molar-refractivity contribution >= 4 is 30.5 Å². The lowest BCUT2D eigenvalue weighted by Crippen LogP contribution is -2.37. The van der Waals surface area contributed by atoms with E-state index in [1.807, 2.05) is 12.1 Å². The lowest BCUT2D eigenvalue weighted by Gasteiger charge is -2.31. The molecule has 0 radical (unpaired) electrons. The molecule has 0 saturated carbocycles. The van der Waals surface area contributed by atoms with Crippen LogP contribution in [0.4, 0.5) is 5.69 Å². The number of likely N-dealkylation sites (tertiary alicyclic amines) is 1. The minimum atomic E-state index is 0. The largest absolute Gasteiger partial charge is 0.497 e. The highest BCUT2D eigenvalue weighted by Gasteiger charge is 2.13. The summed E-state index contributed by atoms with van der Waals surface area (Å²) < 4.78 is 5.30. The topological polar surface area (TPSA) is 15.7 Å². The molecule has 3 rings (SSSR count). The number of ether oxygens (including phenoxy) is 1. The van der Waals surface area contributed by atoms with Gasteiger partial charge in [-0.2, -0.15) is 0 Å². The van der Waals surface area contributed by atoms with Crippen molar-refractivity contribution in [1.29, 1.82) is 0 Å². The Labute approximate surface area is 170 Å². The summed E-state index contributed by atoms with van der Waals surface area (Å²) in [5, 5.41) is 0. The highest BCUT2D eigenvalue weighted by molar-refractivity contribution is 5.85. The van der Waals surface area contributed by atoms with Crippen LogP contribution in [0.25, 0.3) is 0 Å². The summed E-state index contributed by atoms with van der Waals surface area (Å²) in [6.07, 6.45) is 4.09. The molecule has 1 aliphatic heterocycles. The van der Waals surface area contributed by atoms with Gasteiger partial charge < -0.3 is 14.5 Å². The zero-order valence-electron chi connectivity index (χ0n) is 15.5. The molecule has 0 atom stereocenters. The average molecular weight is 397 g/mol. The van der Waals surface area contributed by atoms with Crippen LogP contribution in [0, 0.1) is 0 Å². The third-order valence-corrected chi connectivity index (χ3v) is 4.79. The predicted octanol–water partition coefficient (Wildman–Crippen LogP) is 5.03. The van der Waals surface area contributed by atoms with Gasteiger partial charge in [-0.15, -0.1) is 24.8 Å². The highest BCUT2D eigenvalue weighted by Crippen LogP contribution is 2.21. The van der Waals surface area contributed by atoms with Gasteiger partial charge >= 0.3 is 0 Å². The van der Waals surface area contributed by atoms with Crippen LogP contribution in [0.2, 0.25) is 0 Å². The molecule has 0 aromatic heterocycles. The lowest BCUT2D eigenvalue weighted by atomic mass is 10.1. The van der Waals surface area contributed by atoms with Gasteiger partial charge in [0.1, 0.15) is 5.75 Å². The van der Waals surface area contributed by atoms with Gasteiger partial charge in [-0.3, -0.25) is 0 Å². The summed E-state index contributed by atoms with van der Waals surface area (Å²) in [5.74, 6) is 0.912. The van der Waals surface area contributed by atoms with Crippen LogP contribution in [0.15, 0.2) is 54.6 Å². The van der Waals surface area contributed by atoms with Crippen LogP contribution in [-0.2, 0) is 6.54 Å². The summed E-state index contributed by atoms with van der Waals surface area (Å²) >= 11 is 0. The Hall–Kier alpha value is -1.42. The van der Waals surface area contributed by atoms with Gasteiger partial charge in [-0.1, -0.05) is 36.8 Å². The molecule has 2 aromatic carbocycles. The molecule has 1 heterocycles. The van der Waals surface area contributed by atoms with Gasteiger partial charge in [0, 0.05) is 25.3 Å². The first-order valence-corrected chi connectivity index (χ1v) is 9.00. The van der Waals surface area contributed by atoms with Gasteiger partial charge in [-0.25, -0.2) is 0 Å². The Bertz CT molecular complexity index is 601. The molecule has 0 bridgehead atoms. The van der Waals surface area contributed by atoms with Crippen LogP contribution >= 0.6 is 24.8 Å². The van der Waals surface area contributed by atoms with Gasteiger partial charge in [0.15, 0.2) is 0 Å². The Morgan fingerprint density at radius 1 is 0.885 bits per heavy atom. The second kappa shape index (κ2) is 12.1. The van der Waals surface area contributed by atoms with E-state index < -0.39 is 0 Å². The van der Waals surface area contributed by atoms with Crippen molar-refractivity contribution in [3.05, 3.63) is 60.2 Å². The maximum absolute atomic E-state index is 5.30. The first-order chi connectivity index (χ1) is 11.8. The van der Waals surface area contributed by atoms with Crippen molar-refractivity contribution in [3.63, 3.8) is 0 Å². The highest BCUT2D eigenvalue weighted by atomic mass is 35.5. The summed E-state index contributed by atoms with van der Waals surface area (Å²) in [6, 6.07) is 19.2. The van der Waals surface area contributed by atoms with E-state index in [2.05, 4.69) is 52.3 Å². The van der Waals surface area contributed by atoms with Gasteiger partial charge in [0.05, 0.1) is 7.11 Å². The van der Waals surface area contributed by atoms with E-state index >= 15 is 0 Å². The minimum Gasteiger partial charge on any atom is -0.497 e. The number of benzene rings is 2. The molecule has 1 aliphatic rings. The van der Waals surface area contributed by atoms with E-state index in [9.17, 15) is 0 Å². The van der Waals surface area contributed by atoms with Crippen LogP contribution in [-0.4, -0.2) is 38.2 Å². The molecular weight excluding hydrogens is 367 g/mol. The fourth-order valence-corrected chi connectivity index (χ4v) is 3.34. The molecular formula is C21H30Cl2N2O. The first kappa shape index (κ1) is 22.6. The summed E-state index contributed by atoms with van der Waals surface area (Å²) in [4.78, 5) is 5.08. The van der Waals surface area contributed by atoms with E-state index in [0.717, 1.165) is 25.4 Å². The SMILES string of the molecule is COc1ccc(N(CCN2CCCCC2)Cc2ccccc2)cc1.Cl.Cl. The van der Waals surface area contributed by atoms with Gasteiger partial charge in [-0.05, 0) is 55.8 Å². The first-order valence-electron chi connectivity index (χ1n) is 9.00. The average Bonchev–Trinajstić information content (AvgIpc) is 2.67. The van der Waals surface area contributed by atoms with E-state index in [1.165, 1.54) is 43.6 Å². The van der Waals surface area contributed by atoms with E-state index in [4.69, 9.17) is 4.74 Å². The number of anilines is 1. The molecule has 5 heteroatoms. The normalized spacial score (nSPS) is 14.0. The lowest BCUT2D eigenvalue weighted by molar-refractivity contribution is 0.233. The predicted molar refractivity (Wildman–Crippen MR) is 115 cm³/mol. The molecule has 2 aromatic rings. The van der Waals surface area contributed by atoms with Crippen LogP contribution in [0.5, 0.6) is 5.75 Å². The number of piperidine rings is 1. The number of hydrogen-bond donors (Lipinski definition) is 0. The number of nitrogens with zero attached hydrogens (tertiary/aromatic N) is 2. The Kier molecular flexibility index (Phi) is 10.5. The van der Waals surface area contributed by atoms with E-state index in [0.29, 0.717) is 0 Å².